The molecule has 0 aliphatic rings. The van der Waals surface area contributed by atoms with Gasteiger partial charge in [0.2, 0.25) is 5.91 Å². The van der Waals surface area contributed by atoms with E-state index in [1.54, 1.807) is 11.3 Å². The van der Waals surface area contributed by atoms with E-state index in [1.807, 2.05) is 36.4 Å². The lowest BCUT2D eigenvalue weighted by molar-refractivity contribution is -0.120. The van der Waals surface area contributed by atoms with Gasteiger partial charge in [0.05, 0.1) is 0 Å². The van der Waals surface area contributed by atoms with Crippen LogP contribution < -0.4 is 11.1 Å². The van der Waals surface area contributed by atoms with Crippen LogP contribution >= 0.6 is 11.3 Å². The number of primary amides is 1. The molecule has 3 N–H and O–H groups in total. The molecule has 1 aromatic carbocycles. The Hall–Kier alpha value is -1.65. The monoisotopic (exact) mass is 260 g/mol. The first-order valence-electron chi connectivity index (χ1n) is 5.87. The summed E-state index contributed by atoms with van der Waals surface area (Å²) >= 11 is 1.72. The van der Waals surface area contributed by atoms with Crippen LogP contribution in [0.3, 0.4) is 0 Å². The maximum atomic E-state index is 11.5. The minimum atomic E-state index is -0.411. The lowest BCUT2D eigenvalue weighted by atomic mass is 10.1. The van der Waals surface area contributed by atoms with Crippen LogP contribution in [0.2, 0.25) is 0 Å². The number of hydrogen-bond donors (Lipinski definition) is 2. The highest BCUT2D eigenvalue weighted by molar-refractivity contribution is 7.09. The number of nitrogens with one attached hydrogen (secondary N) is 1. The van der Waals surface area contributed by atoms with Gasteiger partial charge in [-0.2, -0.15) is 0 Å². The molecule has 1 aromatic heterocycles. The Labute approximate surface area is 111 Å². The summed E-state index contributed by atoms with van der Waals surface area (Å²) in [5, 5.41) is 5.26. The number of amides is 1. The SMILES string of the molecule is NC(=O)C(NCCc1cccs1)c1ccccc1. The first-order chi connectivity index (χ1) is 8.77. The van der Waals surface area contributed by atoms with Crippen LogP contribution in [0.1, 0.15) is 16.5 Å². The molecule has 1 unspecified atom stereocenters. The standard InChI is InChI=1S/C14H16N2OS/c15-14(17)13(11-5-2-1-3-6-11)16-9-8-12-7-4-10-18-12/h1-7,10,13,16H,8-9H2,(H2,15,17). The molecule has 0 spiro atoms. The Morgan fingerprint density at radius 1 is 1.22 bits per heavy atom. The maximum absolute atomic E-state index is 11.5. The van der Waals surface area contributed by atoms with Crippen molar-refractivity contribution in [1.29, 1.82) is 0 Å². The zero-order valence-electron chi connectivity index (χ0n) is 10.0. The largest absolute Gasteiger partial charge is 0.368 e. The van der Waals surface area contributed by atoms with Gasteiger partial charge in [-0.25, -0.2) is 0 Å². The summed E-state index contributed by atoms with van der Waals surface area (Å²) in [6, 6.07) is 13.3. The average Bonchev–Trinajstić information content (AvgIpc) is 2.88. The summed E-state index contributed by atoms with van der Waals surface area (Å²) in [6.07, 6.45) is 0.911. The molecule has 2 rings (SSSR count). The van der Waals surface area contributed by atoms with E-state index in [4.69, 9.17) is 5.73 Å². The van der Waals surface area contributed by atoms with E-state index in [0.717, 1.165) is 18.5 Å². The fourth-order valence-corrected chi connectivity index (χ4v) is 2.53. The van der Waals surface area contributed by atoms with Crippen LogP contribution in [0.15, 0.2) is 47.8 Å². The first-order valence-corrected chi connectivity index (χ1v) is 6.75. The van der Waals surface area contributed by atoms with Crippen LogP contribution in [-0.4, -0.2) is 12.5 Å². The van der Waals surface area contributed by atoms with Crippen LogP contribution in [0.4, 0.5) is 0 Å². The minimum Gasteiger partial charge on any atom is -0.368 e. The topological polar surface area (TPSA) is 55.1 Å². The molecule has 4 heteroatoms. The molecule has 0 aliphatic carbocycles. The second-order valence-corrected chi connectivity index (χ2v) is 5.06. The molecule has 3 nitrogen and oxygen atoms in total. The molecule has 0 saturated heterocycles. The summed E-state index contributed by atoms with van der Waals surface area (Å²) in [6.45, 7) is 0.739. The normalized spacial score (nSPS) is 12.2. The smallest absolute Gasteiger partial charge is 0.239 e. The number of thiophene rings is 1. The molecule has 1 heterocycles. The van der Waals surface area contributed by atoms with Crippen LogP contribution in [-0.2, 0) is 11.2 Å². The summed E-state index contributed by atoms with van der Waals surface area (Å²) in [7, 11) is 0. The van der Waals surface area contributed by atoms with Crippen LogP contribution in [0.5, 0.6) is 0 Å². The van der Waals surface area contributed by atoms with Crippen molar-refractivity contribution in [2.75, 3.05) is 6.54 Å². The van der Waals surface area contributed by atoms with E-state index in [2.05, 4.69) is 16.8 Å². The van der Waals surface area contributed by atoms with Gasteiger partial charge in [-0.1, -0.05) is 36.4 Å². The summed E-state index contributed by atoms with van der Waals surface area (Å²) in [4.78, 5) is 12.8. The zero-order chi connectivity index (χ0) is 12.8. The Bertz CT molecular complexity index is 482. The van der Waals surface area contributed by atoms with Gasteiger partial charge in [0.25, 0.3) is 0 Å². The van der Waals surface area contributed by atoms with Crippen LogP contribution in [0, 0.1) is 0 Å². The fourth-order valence-electron chi connectivity index (χ4n) is 1.82. The van der Waals surface area contributed by atoms with Crippen molar-refractivity contribution in [2.24, 2.45) is 5.73 Å². The van der Waals surface area contributed by atoms with Crippen molar-refractivity contribution in [2.45, 2.75) is 12.5 Å². The van der Waals surface area contributed by atoms with Crippen LogP contribution in [0.25, 0.3) is 0 Å². The molecule has 0 bridgehead atoms. The third-order valence-electron chi connectivity index (χ3n) is 2.72. The maximum Gasteiger partial charge on any atom is 0.239 e. The second-order valence-electron chi connectivity index (χ2n) is 4.03. The van der Waals surface area contributed by atoms with Crippen molar-refractivity contribution < 1.29 is 4.79 Å². The molecule has 0 saturated carbocycles. The Morgan fingerprint density at radius 2 is 2.00 bits per heavy atom. The molecule has 1 atom stereocenters. The molecule has 1 amide bonds. The van der Waals surface area contributed by atoms with Gasteiger partial charge in [-0.3, -0.25) is 4.79 Å². The van der Waals surface area contributed by atoms with E-state index in [0.29, 0.717) is 0 Å². The predicted molar refractivity (Wildman–Crippen MR) is 74.4 cm³/mol. The molecule has 94 valence electrons. The number of hydrogen-bond acceptors (Lipinski definition) is 3. The third kappa shape index (κ3) is 3.42. The van der Waals surface area contributed by atoms with Gasteiger partial charge >= 0.3 is 0 Å². The second kappa shape index (κ2) is 6.33. The number of carbonyl (C=O) groups excluding carboxylic acids is 1. The van der Waals surface area contributed by atoms with Crippen molar-refractivity contribution in [1.82, 2.24) is 5.32 Å². The van der Waals surface area contributed by atoms with Crippen molar-refractivity contribution in [3.63, 3.8) is 0 Å². The van der Waals surface area contributed by atoms with Gasteiger partial charge < -0.3 is 11.1 Å². The van der Waals surface area contributed by atoms with E-state index in [-0.39, 0.29) is 5.91 Å². The molecule has 18 heavy (non-hydrogen) atoms. The Balaban J connectivity index is 1.93. The molecular weight excluding hydrogens is 244 g/mol. The summed E-state index contributed by atoms with van der Waals surface area (Å²) in [5.41, 5.74) is 6.34. The highest BCUT2D eigenvalue weighted by atomic mass is 32.1. The van der Waals surface area contributed by atoms with E-state index in [1.165, 1.54) is 4.88 Å². The Kier molecular flexibility index (Phi) is 4.50. The Morgan fingerprint density at radius 3 is 2.61 bits per heavy atom. The van der Waals surface area contributed by atoms with Gasteiger partial charge in [-0.15, -0.1) is 11.3 Å². The van der Waals surface area contributed by atoms with Crippen molar-refractivity contribution in [3.05, 3.63) is 58.3 Å². The number of rotatable bonds is 6. The zero-order valence-corrected chi connectivity index (χ0v) is 10.8. The van der Waals surface area contributed by atoms with E-state index >= 15 is 0 Å². The third-order valence-corrected chi connectivity index (χ3v) is 3.65. The van der Waals surface area contributed by atoms with E-state index < -0.39 is 6.04 Å². The lowest BCUT2D eigenvalue weighted by Crippen LogP contribution is -2.34. The molecule has 0 radical (unpaired) electrons. The highest BCUT2D eigenvalue weighted by Gasteiger charge is 2.16. The van der Waals surface area contributed by atoms with Gasteiger partial charge in [0, 0.05) is 11.4 Å². The molecule has 0 fully saturated rings. The van der Waals surface area contributed by atoms with Gasteiger partial charge in [0.15, 0.2) is 0 Å². The predicted octanol–water partition coefficient (Wildman–Crippen LogP) is 2.11. The van der Waals surface area contributed by atoms with Crippen molar-refractivity contribution >= 4 is 17.2 Å². The molecule has 2 aromatic rings. The first kappa shape index (κ1) is 12.8. The number of nitrogens with two attached hydrogens (primary N) is 1. The van der Waals surface area contributed by atoms with Gasteiger partial charge in [-0.05, 0) is 23.4 Å². The molecular formula is C14H16N2OS. The minimum absolute atomic E-state index is 0.340. The quantitative estimate of drug-likeness (QED) is 0.835. The van der Waals surface area contributed by atoms with Gasteiger partial charge in [0.1, 0.15) is 6.04 Å². The summed E-state index contributed by atoms with van der Waals surface area (Å²) in [5.74, 6) is -0.340. The number of carbonyl (C=O) groups is 1. The average molecular weight is 260 g/mol. The van der Waals surface area contributed by atoms with Crippen molar-refractivity contribution in [3.8, 4) is 0 Å². The lowest BCUT2D eigenvalue weighted by Gasteiger charge is -2.15. The highest BCUT2D eigenvalue weighted by Crippen LogP contribution is 2.13. The number of benzene rings is 1. The molecule has 0 aliphatic heterocycles. The van der Waals surface area contributed by atoms with E-state index in [9.17, 15) is 4.79 Å². The fraction of sp³-hybridized carbons (Fsp3) is 0.214. The summed E-state index contributed by atoms with van der Waals surface area (Å²) < 4.78 is 0.